The summed E-state index contributed by atoms with van der Waals surface area (Å²) in [6.07, 6.45) is 6.64. The predicted octanol–water partition coefficient (Wildman–Crippen LogP) is 4.47. The zero-order valence-electron chi connectivity index (χ0n) is 23.6. The van der Waals surface area contributed by atoms with E-state index < -0.39 is 5.79 Å². The lowest BCUT2D eigenvalue weighted by molar-refractivity contribution is -0.0722. The highest BCUT2D eigenvalue weighted by Crippen LogP contribution is 2.49. The number of hydrogen-bond acceptors (Lipinski definition) is 10. The van der Waals surface area contributed by atoms with E-state index in [0.717, 1.165) is 86.1 Å². The molecule has 2 unspecified atom stereocenters. The summed E-state index contributed by atoms with van der Waals surface area (Å²) < 4.78 is 20.8. The summed E-state index contributed by atoms with van der Waals surface area (Å²) in [5.74, 6) is 2.41. The molecule has 0 radical (unpaired) electrons. The Morgan fingerprint density at radius 1 is 1.07 bits per heavy atom. The first-order valence-electron chi connectivity index (χ1n) is 14.6. The lowest BCUT2D eigenvalue weighted by Crippen LogP contribution is -2.35. The summed E-state index contributed by atoms with van der Waals surface area (Å²) in [5.41, 5.74) is 4.32. The maximum atomic E-state index is 6.48. The van der Waals surface area contributed by atoms with Crippen molar-refractivity contribution in [3.63, 3.8) is 0 Å². The first-order chi connectivity index (χ1) is 21.0. The number of para-hydroxylation sites is 1. The number of ether oxygens (including phenoxy) is 3. The molecule has 12 nitrogen and oxygen atoms in total. The monoisotopic (exact) mass is 599 g/mol. The normalized spacial score (nSPS) is 22.2. The Morgan fingerprint density at radius 2 is 1.95 bits per heavy atom. The summed E-state index contributed by atoms with van der Waals surface area (Å²) in [6, 6.07) is 11.8. The largest absolute Gasteiger partial charge is 0.443 e. The van der Waals surface area contributed by atoms with Gasteiger partial charge in [-0.2, -0.15) is 5.21 Å². The Morgan fingerprint density at radius 3 is 2.70 bits per heavy atom. The van der Waals surface area contributed by atoms with Crippen LogP contribution in [0.25, 0.3) is 22.6 Å². The number of nitrogens with one attached hydrogen (secondary N) is 1. The van der Waals surface area contributed by atoms with Crippen LogP contribution in [0.3, 0.4) is 0 Å². The third-order valence-electron chi connectivity index (χ3n) is 8.64. The van der Waals surface area contributed by atoms with Crippen LogP contribution in [0, 0.1) is 0 Å². The number of halogens is 1. The van der Waals surface area contributed by atoms with Crippen molar-refractivity contribution in [3.8, 4) is 22.9 Å². The molecule has 3 aliphatic heterocycles. The number of imidazole rings is 1. The predicted molar refractivity (Wildman–Crippen MR) is 157 cm³/mol. The quantitative estimate of drug-likeness (QED) is 0.286. The van der Waals surface area contributed by atoms with Crippen LogP contribution in [0.2, 0.25) is 5.02 Å². The molecule has 2 atom stereocenters. The molecule has 220 valence electrons. The fourth-order valence-electron chi connectivity index (χ4n) is 6.23. The van der Waals surface area contributed by atoms with E-state index in [1.807, 2.05) is 31.2 Å². The number of likely N-dealkylation sites (tertiary alicyclic amines) is 1. The molecular formula is C30H30ClN9O3. The second-order valence-corrected chi connectivity index (χ2v) is 11.9. The summed E-state index contributed by atoms with van der Waals surface area (Å²) in [6.45, 7) is 6.07. The number of fused-ring (bicyclic) bond motifs is 2. The Bertz CT molecular complexity index is 1770. The van der Waals surface area contributed by atoms with Crippen molar-refractivity contribution in [2.24, 2.45) is 0 Å². The number of aromatic amines is 1. The molecule has 1 aromatic carbocycles. The Hall–Kier alpha value is -4.13. The van der Waals surface area contributed by atoms with E-state index >= 15 is 0 Å². The molecule has 7 heterocycles. The van der Waals surface area contributed by atoms with Gasteiger partial charge >= 0.3 is 0 Å². The van der Waals surface area contributed by atoms with Crippen molar-refractivity contribution in [3.05, 3.63) is 70.9 Å². The number of nitrogens with zero attached hydrogens (tertiary/aromatic N) is 8. The lowest BCUT2D eigenvalue weighted by atomic mass is 9.88. The van der Waals surface area contributed by atoms with E-state index in [0.29, 0.717) is 22.5 Å². The number of piperidine rings is 1. The Balaban J connectivity index is 0.995. The second kappa shape index (κ2) is 10.5. The number of hydrogen-bond donors (Lipinski definition) is 1. The smallest absolute Gasteiger partial charge is 0.292 e. The molecule has 13 heteroatoms. The van der Waals surface area contributed by atoms with E-state index in [-0.39, 0.29) is 6.10 Å². The van der Waals surface area contributed by atoms with Gasteiger partial charge in [-0.05, 0) is 67.7 Å². The van der Waals surface area contributed by atoms with Gasteiger partial charge in [0, 0.05) is 37.1 Å². The van der Waals surface area contributed by atoms with Crippen molar-refractivity contribution < 1.29 is 14.2 Å². The van der Waals surface area contributed by atoms with Crippen LogP contribution in [0.5, 0.6) is 11.5 Å². The topological polar surface area (TPSA) is 129 Å². The molecule has 2 fully saturated rings. The minimum absolute atomic E-state index is 0.191. The van der Waals surface area contributed by atoms with Gasteiger partial charge in [0.15, 0.2) is 17.1 Å². The van der Waals surface area contributed by atoms with Gasteiger partial charge in [-0.3, -0.25) is 9.88 Å². The summed E-state index contributed by atoms with van der Waals surface area (Å²) in [4.78, 5) is 16.7. The van der Waals surface area contributed by atoms with Crippen LogP contribution < -0.4 is 9.47 Å². The molecular weight excluding hydrogens is 570 g/mol. The van der Waals surface area contributed by atoms with E-state index in [1.54, 1.807) is 18.5 Å². The minimum Gasteiger partial charge on any atom is -0.443 e. The number of tetrazole rings is 1. The number of H-pyrrole nitrogens is 1. The first kappa shape index (κ1) is 26.5. The highest BCUT2D eigenvalue weighted by molar-refractivity contribution is 6.30. The molecule has 5 aromatic rings. The van der Waals surface area contributed by atoms with Crippen molar-refractivity contribution in [1.82, 2.24) is 45.0 Å². The molecule has 4 aromatic heterocycles. The van der Waals surface area contributed by atoms with Crippen LogP contribution in [0.4, 0.5) is 0 Å². The summed E-state index contributed by atoms with van der Waals surface area (Å²) in [7, 11) is 0. The Labute approximate surface area is 252 Å². The molecule has 0 bridgehead atoms. The van der Waals surface area contributed by atoms with E-state index in [1.165, 1.54) is 5.56 Å². The lowest BCUT2D eigenvalue weighted by Gasteiger charge is -2.33. The molecule has 8 rings (SSSR count). The molecule has 43 heavy (non-hydrogen) atoms. The average molecular weight is 600 g/mol. The first-order valence-corrected chi connectivity index (χ1v) is 15.0. The standard InChI is InChI=1S/C30H30ClN9O3/c1-30(25-6-5-20(31)15-32-25)42-24-4-2-3-22(27(24)43-30)18-7-10-39(11-8-18)17-26-34-23-13-19(28-35-37-38-36-28)14-33-29(23)40(26)16-21-9-12-41-21/h2-6,13-15,18,21H,7-12,16-17H2,1H3,(H,35,36,37,38). The number of rotatable bonds is 7. The van der Waals surface area contributed by atoms with Crippen LogP contribution in [-0.2, 0) is 23.6 Å². The molecule has 0 spiro atoms. The molecule has 0 saturated carbocycles. The van der Waals surface area contributed by atoms with Gasteiger partial charge in [-0.1, -0.05) is 23.7 Å². The third-order valence-corrected chi connectivity index (χ3v) is 8.87. The van der Waals surface area contributed by atoms with Gasteiger partial charge in [0.05, 0.1) is 24.2 Å². The summed E-state index contributed by atoms with van der Waals surface area (Å²) in [5, 5.41) is 14.9. The van der Waals surface area contributed by atoms with Gasteiger partial charge in [0.1, 0.15) is 17.0 Å². The van der Waals surface area contributed by atoms with Crippen molar-refractivity contribution >= 4 is 22.8 Å². The number of pyridine rings is 2. The third kappa shape index (κ3) is 4.89. The van der Waals surface area contributed by atoms with Crippen LogP contribution in [0.1, 0.15) is 49.2 Å². The molecule has 2 saturated heterocycles. The van der Waals surface area contributed by atoms with Gasteiger partial charge in [0.2, 0.25) is 5.82 Å². The number of aromatic nitrogens is 8. The Kier molecular flexibility index (Phi) is 6.50. The van der Waals surface area contributed by atoms with Crippen LogP contribution in [0.15, 0.2) is 48.8 Å². The van der Waals surface area contributed by atoms with Gasteiger partial charge in [-0.15, -0.1) is 10.2 Å². The summed E-state index contributed by atoms with van der Waals surface area (Å²) >= 11 is 6.06. The van der Waals surface area contributed by atoms with Gasteiger partial charge in [-0.25, -0.2) is 9.97 Å². The maximum absolute atomic E-state index is 6.48. The van der Waals surface area contributed by atoms with E-state index in [9.17, 15) is 0 Å². The highest BCUT2D eigenvalue weighted by Gasteiger charge is 2.42. The van der Waals surface area contributed by atoms with Crippen molar-refractivity contribution in [2.75, 3.05) is 19.7 Å². The fraction of sp³-hybridized carbons (Fsp3) is 0.400. The zero-order valence-corrected chi connectivity index (χ0v) is 24.4. The van der Waals surface area contributed by atoms with Crippen molar-refractivity contribution in [1.29, 1.82) is 0 Å². The van der Waals surface area contributed by atoms with Crippen LogP contribution >= 0.6 is 11.6 Å². The fourth-order valence-corrected chi connectivity index (χ4v) is 6.34. The van der Waals surface area contributed by atoms with E-state index in [2.05, 4.69) is 41.1 Å². The molecule has 0 amide bonds. The van der Waals surface area contributed by atoms with Gasteiger partial charge in [0.25, 0.3) is 5.79 Å². The second-order valence-electron chi connectivity index (χ2n) is 11.5. The van der Waals surface area contributed by atoms with Crippen LogP contribution in [-0.4, -0.2) is 70.8 Å². The molecule has 3 aliphatic rings. The maximum Gasteiger partial charge on any atom is 0.292 e. The average Bonchev–Trinajstić information content (AvgIpc) is 3.73. The van der Waals surface area contributed by atoms with Crippen molar-refractivity contribution in [2.45, 2.75) is 57.1 Å². The molecule has 0 aliphatic carbocycles. The van der Waals surface area contributed by atoms with E-state index in [4.69, 9.17) is 35.8 Å². The SMILES string of the molecule is CC1(c2ccc(Cl)cn2)Oc2cccc(C3CCN(Cc4nc5cc(-c6nn[nH]n6)cnc5n4CC4CCO4)CC3)c2O1. The minimum atomic E-state index is -0.995. The van der Waals surface area contributed by atoms with Gasteiger partial charge < -0.3 is 18.8 Å². The highest BCUT2D eigenvalue weighted by atomic mass is 35.5. The molecule has 1 N–H and O–H groups in total. The number of benzene rings is 1. The zero-order chi connectivity index (χ0) is 29.0.